The molecule has 1 saturated heterocycles. The lowest BCUT2D eigenvalue weighted by atomic mass is 10.1. The lowest BCUT2D eigenvalue weighted by Gasteiger charge is -2.25. The molecule has 1 amide bonds. The van der Waals surface area contributed by atoms with Gasteiger partial charge in [-0.15, -0.1) is 11.8 Å². The molecule has 1 atom stereocenters. The number of hydrogen-bond acceptors (Lipinski definition) is 6. The molecular weight excluding hydrogens is 465 g/mol. The Bertz CT molecular complexity index is 1220. The molecule has 0 spiro atoms. The molecular formula is C20H15F3N4O3S2. The predicted octanol–water partition coefficient (Wildman–Crippen LogP) is 4.07. The van der Waals surface area contributed by atoms with E-state index in [9.17, 15) is 26.4 Å². The Balaban J connectivity index is 1.57. The molecule has 3 aromatic rings. The van der Waals surface area contributed by atoms with Crippen LogP contribution in [0.4, 0.5) is 24.8 Å². The summed E-state index contributed by atoms with van der Waals surface area (Å²) in [6.45, 7) is 0. The van der Waals surface area contributed by atoms with Gasteiger partial charge in [0.15, 0.2) is 0 Å². The lowest BCUT2D eigenvalue weighted by molar-refractivity contribution is -0.137. The molecule has 1 fully saturated rings. The second-order valence-corrected chi connectivity index (χ2v) is 9.47. The van der Waals surface area contributed by atoms with Gasteiger partial charge in [0.05, 0.1) is 16.2 Å². The third kappa shape index (κ3) is 4.55. The van der Waals surface area contributed by atoms with E-state index in [4.69, 9.17) is 0 Å². The van der Waals surface area contributed by atoms with Crippen molar-refractivity contribution in [3.63, 3.8) is 0 Å². The van der Waals surface area contributed by atoms with Crippen LogP contribution in [-0.4, -0.2) is 30.0 Å². The highest BCUT2D eigenvalue weighted by atomic mass is 32.2. The predicted molar refractivity (Wildman–Crippen MR) is 113 cm³/mol. The average molecular weight is 480 g/mol. The highest BCUT2D eigenvalue weighted by molar-refractivity contribution is 8.00. The number of alkyl halides is 3. The molecule has 12 heteroatoms. The summed E-state index contributed by atoms with van der Waals surface area (Å²) < 4.78 is 65.8. The van der Waals surface area contributed by atoms with Crippen LogP contribution >= 0.6 is 11.8 Å². The van der Waals surface area contributed by atoms with Crippen LogP contribution in [-0.2, 0) is 21.0 Å². The highest BCUT2D eigenvalue weighted by Crippen LogP contribution is 2.42. The molecule has 0 saturated carbocycles. The summed E-state index contributed by atoms with van der Waals surface area (Å²) in [4.78, 5) is 21.5. The Kier molecular flexibility index (Phi) is 5.82. The summed E-state index contributed by atoms with van der Waals surface area (Å²) in [5, 5.41) is -0.525. The SMILES string of the molecule is O=C1CS[C@@H](c2ccc(C(F)(F)F)cc2)N1c1ccc(S(=O)(=O)Nc2ncccn2)cc1. The van der Waals surface area contributed by atoms with Gasteiger partial charge in [0.2, 0.25) is 11.9 Å². The first kappa shape index (κ1) is 22.1. The van der Waals surface area contributed by atoms with E-state index in [1.807, 2.05) is 0 Å². The third-order valence-corrected chi connectivity index (χ3v) is 7.16. The van der Waals surface area contributed by atoms with Gasteiger partial charge < -0.3 is 0 Å². The van der Waals surface area contributed by atoms with E-state index < -0.39 is 27.1 Å². The summed E-state index contributed by atoms with van der Waals surface area (Å²) in [5.74, 6) is -0.157. The van der Waals surface area contributed by atoms with Crippen LogP contribution in [0.1, 0.15) is 16.5 Å². The average Bonchev–Trinajstić information content (AvgIpc) is 3.15. The van der Waals surface area contributed by atoms with Gasteiger partial charge in [-0.2, -0.15) is 13.2 Å². The van der Waals surface area contributed by atoms with Crippen molar-refractivity contribution in [3.8, 4) is 0 Å². The van der Waals surface area contributed by atoms with Crippen LogP contribution in [0, 0.1) is 0 Å². The lowest BCUT2D eigenvalue weighted by Crippen LogP contribution is -2.28. The Labute approximate surface area is 185 Å². The van der Waals surface area contributed by atoms with Gasteiger partial charge in [-0.25, -0.2) is 23.1 Å². The Hall–Kier alpha value is -3.12. The number of thioether (sulfide) groups is 1. The first-order chi connectivity index (χ1) is 15.1. The quantitative estimate of drug-likeness (QED) is 0.592. The van der Waals surface area contributed by atoms with Gasteiger partial charge in [-0.1, -0.05) is 12.1 Å². The van der Waals surface area contributed by atoms with Crippen molar-refractivity contribution in [2.75, 3.05) is 15.4 Å². The van der Waals surface area contributed by atoms with E-state index >= 15 is 0 Å². The molecule has 1 N–H and O–H groups in total. The van der Waals surface area contributed by atoms with Crippen LogP contribution < -0.4 is 9.62 Å². The number of hydrogen-bond donors (Lipinski definition) is 1. The van der Waals surface area contributed by atoms with E-state index in [2.05, 4.69) is 14.7 Å². The zero-order valence-electron chi connectivity index (χ0n) is 16.2. The first-order valence-corrected chi connectivity index (χ1v) is 11.7. The normalized spacial score (nSPS) is 16.9. The van der Waals surface area contributed by atoms with E-state index in [-0.39, 0.29) is 22.5 Å². The van der Waals surface area contributed by atoms with Gasteiger partial charge in [0.1, 0.15) is 5.37 Å². The van der Waals surface area contributed by atoms with E-state index in [0.717, 1.165) is 12.1 Å². The summed E-state index contributed by atoms with van der Waals surface area (Å²) >= 11 is 1.28. The minimum Gasteiger partial charge on any atom is -0.295 e. The molecule has 2 heterocycles. The van der Waals surface area contributed by atoms with Crippen LogP contribution in [0.3, 0.4) is 0 Å². The molecule has 1 aliphatic rings. The van der Waals surface area contributed by atoms with Crippen LogP contribution in [0.25, 0.3) is 0 Å². The second kappa shape index (κ2) is 8.43. The monoisotopic (exact) mass is 480 g/mol. The number of anilines is 2. The van der Waals surface area contributed by atoms with E-state index in [0.29, 0.717) is 11.3 Å². The molecule has 32 heavy (non-hydrogen) atoms. The molecule has 0 aliphatic carbocycles. The van der Waals surface area contributed by atoms with Gasteiger partial charge in [0, 0.05) is 18.1 Å². The molecule has 0 radical (unpaired) electrons. The zero-order chi connectivity index (χ0) is 22.9. The molecule has 2 aromatic carbocycles. The molecule has 166 valence electrons. The first-order valence-electron chi connectivity index (χ1n) is 9.16. The fourth-order valence-electron chi connectivity index (χ4n) is 3.10. The van der Waals surface area contributed by atoms with Crippen molar-refractivity contribution in [2.24, 2.45) is 0 Å². The Morgan fingerprint density at radius 2 is 1.62 bits per heavy atom. The fourth-order valence-corrected chi connectivity index (χ4v) is 5.24. The van der Waals surface area contributed by atoms with Gasteiger partial charge >= 0.3 is 6.18 Å². The van der Waals surface area contributed by atoms with Crippen LogP contribution in [0.2, 0.25) is 0 Å². The van der Waals surface area contributed by atoms with Crippen molar-refractivity contribution in [2.45, 2.75) is 16.4 Å². The van der Waals surface area contributed by atoms with Crippen molar-refractivity contribution in [3.05, 3.63) is 78.1 Å². The number of nitrogens with zero attached hydrogens (tertiary/aromatic N) is 3. The summed E-state index contributed by atoms with van der Waals surface area (Å²) in [5.41, 5.74) is 0.194. The second-order valence-electron chi connectivity index (χ2n) is 6.72. The molecule has 0 bridgehead atoms. The zero-order valence-corrected chi connectivity index (χ0v) is 17.8. The smallest absolute Gasteiger partial charge is 0.295 e. The number of amides is 1. The van der Waals surface area contributed by atoms with Crippen LogP contribution in [0.15, 0.2) is 71.9 Å². The number of aromatic nitrogens is 2. The fraction of sp³-hybridized carbons (Fsp3) is 0.150. The van der Waals surface area contributed by atoms with Gasteiger partial charge in [0.25, 0.3) is 10.0 Å². The Morgan fingerprint density at radius 1 is 1.00 bits per heavy atom. The van der Waals surface area contributed by atoms with Crippen molar-refractivity contribution in [1.82, 2.24) is 9.97 Å². The number of halogens is 3. The van der Waals surface area contributed by atoms with Crippen molar-refractivity contribution >= 4 is 39.3 Å². The van der Waals surface area contributed by atoms with Crippen molar-refractivity contribution < 1.29 is 26.4 Å². The van der Waals surface area contributed by atoms with Gasteiger partial charge in [-0.05, 0) is 48.0 Å². The molecule has 1 aromatic heterocycles. The minimum absolute atomic E-state index is 0.0564. The molecule has 7 nitrogen and oxygen atoms in total. The maximum absolute atomic E-state index is 12.8. The number of carbonyl (C=O) groups excluding carboxylic acids is 1. The number of sulfonamides is 1. The number of rotatable bonds is 5. The standard InChI is InChI=1S/C20H15F3N4O3S2/c21-20(22,23)14-4-2-13(3-5-14)18-27(17(28)12-31-18)15-6-8-16(9-7-15)32(29,30)26-19-24-10-1-11-25-19/h1-11,18H,12H2,(H,24,25,26)/t18-/m0/s1. The summed E-state index contributed by atoms with van der Waals surface area (Å²) in [6.07, 6.45) is -1.66. The minimum atomic E-state index is -4.45. The van der Waals surface area contributed by atoms with E-state index in [1.54, 1.807) is 6.07 Å². The summed E-state index contributed by atoms with van der Waals surface area (Å²) in [7, 11) is -3.94. The number of carbonyl (C=O) groups is 1. The molecule has 4 rings (SSSR count). The number of benzene rings is 2. The number of nitrogens with one attached hydrogen (secondary N) is 1. The maximum atomic E-state index is 12.8. The largest absolute Gasteiger partial charge is 0.416 e. The topological polar surface area (TPSA) is 92.3 Å². The Morgan fingerprint density at radius 3 is 2.22 bits per heavy atom. The molecule has 1 aliphatic heterocycles. The third-order valence-electron chi connectivity index (χ3n) is 4.61. The van der Waals surface area contributed by atoms with Crippen LogP contribution in [0.5, 0.6) is 0 Å². The highest BCUT2D eigenvalue weighted by Gasteiger charge is 2.35. The maximum Gasteiger partial charge on any atom is 0.416 e. The van der Waals surface area contributed by atoms with Gasteiger partial charge in [-0.3, -0.25) is 9.69 Å². The molecule has 0 unspecified atom stereocenters. The summed E-state index contributed by atoms with van der Waals surface area (Å²) in [6, 6.07) is 11.8. The van der Waals surface area contributed by atoms with Crippen molar-refractivity contribution in [1.29, 1.82) is 0 Å². The van der Waals surface area contributed by atoms with E-state index in [1.165, 1.54) is 65.5 Å².